The van der Waals surface area contributed by atoms with Gasteiger partial charge in [-0.05, 0) is 19.3 Å². The molecule has 0 aliphatic heterocycles. The molecule has 0 amide bonds. The van der Waals surface area contributed by atoms with Gasteiger partial charge >= 0.3 is 5.97 Å². The molecule has 0 aromatic carbocycles. The molecule has 0 fully saturated rings. The van der Waals surface area contributed by atoms with Crippen LogP contribution < -0.4 is 5.32 Å². The van der Waals surface area contributed by atoms with Gasteiger partial charge in [0.05, 0.1) is 0 Å². The highest BCUT2D eigenvalue weighted by molar-refractivity contribution is 5.73. The summed E-state index contributed by atoms with van der Waals surface area (Å²) in [6.07, 6.45) is 23.4. The lowest BCUT2D eigenvalue weighted by Crippen LogP contribution is -2.43. The maximum absolute atomic E-state index is 11.3. The van der Waals surface area contributed by atoms with Gasteiger partial charge in [-0.15, -0.1) is 0 Å². The van der Waals surface area contributed by atoms with Crippen molar-refractivity contribution in [2.24, 2.45) is 0 Å². The van der Waals surface area contributed by atoms with E-state index in [2.05, 4.69) is 12.2 Å². The fraction of sp³-hybridized carbons (Fsp3) is 0.960. The molecule has 174 valence electrons. The number of carbonyl (C=O) groups is 1. The Balaban J connectivity index is 3.55. The van der Waals surface area contributed by atoms with Crippen LogP contribution in [0.4, 0.5) is 0 Å². The van der Waals surface area contributed by atoms with Gasteiger partial charge in [0.25, 0.3) is 0 Å². The highest BCUT2D eigenvalue weighted by Gasteiger charge is 2.20. The van der Waals surface area contributed by atoms with Crippen LogP contribution in [0.15, 0.2) is 0 Å². The van der Waals surface area contributed by atoms with Gasteiger partial charge in [-0.1, -0.05) is 117 Å². The first-order chi connectivity index (χ1) is 14.2. The van der Waals surface area contributed by atoms with Crippen molar-refractivity contribution in [1.82, 2.24) is 5.32 Å². The van der Waals surface area contributed by atoms with Gasteiger partial charge in [0.15, 0.2) is 0 Å². The number of hydrogen-bond acceptors (Lipinski definition) is 3. The van der Waals surface area contributed by atoms with E-state index in [1.807, 2.05) is 6.92 Å². The average Bonchev–Trinajstić information content (AvgIpc) is 2.70. The van der Waals surface area contributed by atoms with E-state index < -0.39 is 12.0 Å². The average molecular weight is 414 g/mol. The van der Waals surface area contributed by atoms with Crippen LogP contribution in [0.3, 0.4) is 0 Å². The van der Waals surface area contributed by atoms with Crippen molar-refractivity contribution < 1.29 is 15.0 Å². The SMILES string of the molecule is CCCCCCCCCCCCCCCCCC(CCO)NC(CCC)C(=O)O. The number of hydrogen-bond donors (Lipinski definition) is 3. The smallest absolute Gasteiger partial charge is 0.320 e. The third kappa shape index (κ3) is 19.1. The molecule has 0 heterocycles. The van der Waals surface area contributed by atoms with Gasteiger partial charge in [0.1, 0.15) is 6.04 Å². The molecule has 0 spiro atoms. The normalized spacial score (nSPS) is 13.5. The van der Waals surface area contributed by atoms with Gasteiger partial charge in [-0.3, -0.25) is 4.79 Å². The van der Waals surface area contributed by atoms with Crippen molar-refractivity contribution in [3.63, 3.8) is 0 Å². The molecule has 0 saturated heterocycles. The minimum Gasteiger partial charge on any atom is -0.480 e. The lowest BCUT2D eigenvalue weighted by molar-refractivity contribution is -0.140. The Morgan fingerprint density at radius 1 is 0.655 bits per heavy atom. The highest BCUT2D eigenvalue weighted by Crippen LogP contribution is 2.15. The molecule has 0 aliphatic rings. The Bertz CT molecular complexity index is 349. The van der Waals surface area contributed by atoms with Crippen molar-refractivity contribution >= 4 is 5.97 Å². The molecule has 0 saturated carbocycles. The summed E-state index contributed by atoms with van der Waals surface area (Å²) < 4.78 is 0. The summed E-state index contributed by atoms with van der Waals surface area (Å²) in [7, 11) is 0. The van der Waals surface area contributed by atoms with Crippen LogP contribution in [0.1, 0.15) is 136 Å². The van der Waals surface area contributed by atoms with Crippen LogP contribution >= 0.6 is 0 Å². The van der Waals surface area contributed by atoms with E-state index in [1.54, 1.807) is 0 Å². The number of unbranched alkanes of at least 4 members (excludes halogenated alkanes) is 14. The third-order valence-electron chi connectivity index (χ3n) is 5.95. The number of aliphatic hydroxyl groups is 1. The zero-order valence-corrected chi connectivity index (χ0v) is 19.6. The summed E-state index contributed by atoms with van der Waals surface area (Å²) in [6, 6.07) is -0.359. The Morgan fingerprint density at radius 3 is 1.48 bits per heavy atom. The van der Waals surface area contributed by atoms with E-state index in [9.17, 15) is 15.0 Å². The van der Waals surface area contributed by atoms with Crippen molar-refractivity contribution in [1.29, 1.82) is 0 Å². The molecule has 4 heteroatoms. The topological polar surface area (TPSA) is 69.6 Å². The number of nitrogens with one attached hydrogen (secondary N) is 1. The molecule has 0 bridgehead atoms. The van der Waals surface area contributed by atoms with E-state index >= 15 is 0 Å². The summed E-state index contributed by atoms with van der Waals surface area (Å²) in [5, 5.41) is 21.8. The number of rotatable bonds is 23. The quantitative estimate of drug-likeness (QED) is 0.160. The first-order valence-electron chi connectivity index (χ1n) is 12.7. The van der Waals surface area contributed by atoms with Gasteiger partial charge in [-0.2, -0.15) is 0 Å². The van der Waals surface area contributed by atoms with E-state index in [0.29, 0.717) is 12.8 Å². The number of aliphatic carboxylic acids is 1. The zero-order chi connectivity index (χ0) is 21.6. The maximum Gasteiger partial charge on any atom is 0.320 e. The van der Waals surface area contributed by atoms with Gasteiger partial charge < -0.3 is 15.5 Å². The second kappa shape index (κ2) is 22.1. The fourth-order valence-corrected chi connectivity index (χ4v) is 4.08. The fourth-order valence-electron chi connectivity index (χ4n) is 4.08. The summed E-state index contributed by atoms with van der Waals surface area (Å²) in [4.78, 5) is 11.3. The third-order valence-corrected chi connectivity index (χ3v) is 5.95. The molecular formula is C25H51NO3. The van der Waals surface area contributed by atoms with E-state index in [0.717, 1.165) is 19.3 Å². The first kappa shape index (κ1) is 28.4. The molecular weight excluding hydrogens is 362 g/mol. The lowest BCUT2D eigenvalue weighted by Gasteiger charge is -2.22. The van der Waals surface area contributed by atoms with Crippen molar-refractivity contribution in [3.05, 3.63) is 0 Å². The minimum atomic E-state index is -0.772. The van der Waals surface area contributed by atoms with Gasteiger partial charge in [0.2, 0.25) is 0 Å². The van der Waals surface area contributed by atoms with Crippen molar-refractivity contribution in [3.8, 4) is 0 Å². The second-order valence-corrected chi connectivity index (χ2v) is 8.79. The summed E-state index contributed by atoms with van der Waals surface area (Å²) >= 11 is 0. The Labute approximate surface area is 181 Å². The van der Waals surface area contributed by atoms with E-state index in [4.69, 9.17) is 0 Å². The Morgan fingerprint density at radius 2 is 1.10 bits per heavy atom. The molecule has 29 heavy (non-hydrogen) atoms. The van der Waals surface area contributed by atoms with E-state index in [-0.39, 0.29) is 12.6 Å². The van der Waals surface area contributed by atoms with Crippen LogP contribution in [0.2, 0.25) is 0 Å². The predicted molar refractivity (Wildman–Crippen MR) is 125 cm³/mol. The lowest BCUT2D eigenvalue weighted by atomic mass is 10.0. The first-order valence-corrected chi connectivity index (χ1v) is 12.7. The maximum atomic E-state index is 11.3. The molecule has 0 radical (unpaired) electrons. The van der Waals surface area contributed by atoms with Crippen LogP contribution in [0.25, 0.3) is 0 Å². The predicted octanol–water partition coefficient (Wildman–Crippen LogP) is 6.84. The molecule has 2 atom stereocenters. The highest BCUT2D eigenvalue weighted by atomic mass is 16.4. The summed E-state index contributed by atoms with van der Waals surface area (Å²) in [5.74, 6) is -0.772. The zero-order valence-electron chi connectivity index (χ0n) is 19.6. The number of aliphatic hydroxyl groups excluding tert-OH is 1. The monoisotopic (exact) mass is 413 g/mol. The van der Waals surface area contributed by atoms with Gasteiger partial charge in [-0.25, -0.2) is 0 Å². The summed E-state index contributed by atoms with van der Waals surface area (Å²) in [5.41, 5.74) is 0. The standard InChI is InChI=1S/C25H51NO3/c1-3-5-6-7-8-9-10-11-12-13-14-15-16-17-18-20-23(21-22-27)26-24(19-4-2)25(28)29/h23-24,26-27H,3-22H2,1-2H3,(H,28,29). The van der Waals surface area contributed by atoms with Crippen LogP contribution in [0, 0.1) is 0 Å². The molecule has 3 N–H and O–H groups in total. The van der Waals surface area contributed by atoms with E-state index in [1.165, 1.54) is 89.9 Å². The second-order valence-electron chi connectivity index (χ2n) is 8.79. The molecule has 0 aromatic heterocycles. The van der Waals surface area contributed by atoms with Crippen LogP contribution in [-0.2, 0) is 4.79 Å². The van der Waals surface area contributed by atoms with Gasteiger partial charge in [0, 0.05) is 12.6 Å². The molecule has 0 aliphatic carbocycles. The number of carboxylic acid groups (broad SMARTS) is 1. The van der Waals surface area contributed by atoms with Crippen molar-refractivity contribution in [2.45, 2.75) is 148 Å². The Kier molecular flexibility index (Phi) is 21.6. The molecule has 0 aromatic rings. The molecule has 2 unspecified atom stereocenters. The summed E-state index contributed by atoms with van der Waals surface area (Å²) in [6.45, 7) is 4.40. The molecule has 4 nitrogen and oxygen atoms in total. The Hall–Kier alpha value is -0.610. The largest absolute Gasteiger partial charge is 0.480 e. The van der Waals surface area contributed by atoms with Crippen LogP contribution in [-0.4, -0.2) is 34.9 Å². The number of carboxylic acids is 1. The minimum absolute atomic E-state index is 0.120. The molecule has 0 rings (SSSR count). The van der Waals surface area contributed by atoms with Crippen LogP contribution in [0.5, 0.6) is 0 Å². The van der Waals surface area contributed by atoms with Crippen molar-refractivity contribution in [2.75, 3.05) is 6.61 Å².